The molecule has 0 aromatic carbocycles. The van der Waals surface area contributed by atoms with Crippen molar-refractivity contribution in [1.82, 2.24) is 0 Å². The number of hydrogen-bond donors (Lipinski definition) is 0. The van der Waals surface area contributed by atoms with Gasteiger partial charge >= 0.3 is 0 Å². The standard InChI is InChI=1S/C17H21NO2.2H2O.Sc/c1-3-13(4-2)11-16(19)14-7-5-10-17(18-12-14)20-15-8-6-9-15;;;/h1,3,7,10,12-13,15H,2,4-6,8-9,11H2;2*1H2;/q-2;;;/t13-;;;/m1.../s1. The van der Waals surface area contributed by atoms with Gasteiger partial charge in [0, 0.05) is 44.1 Å². The van der Waals surface area contributed by atoms with Crippen LogP contribution in [-0.2, 0) is 35.4 Å². The van der Waals surface area contributed by atoms with E-state index in [1.807, 2.05) is 12.2 Å². The second-order valence-corrected chi connectivity index (χ2v) is 5.23. The summed E-state index contributed by atoms with van der Waals surface area (Å²) in [5, 5.41) is 0. The minimum absolute atomic E-state index is 0. The van der Waals surface area contributed by atoms with E-state index in [1.165, 1.54) is 6.42 Å². The third kappa shape index (κ3) is 7.50. The van der Waals surface area contributed by atoms with Crippen molar-refractivity contribution in [3.63, 3.8) is 0 Å². The monoisotopic (exact) mass is 352 g/mol. The molecular weight excluding hydrogens is 327 g/mol. The van der Waals surface area contributed by atoms with E-state index in [0.717, 1.165) is 12.8 Å². The fourth-order valence-electron chi connectivity index (χ4n) is 2.07. The first-order valence-electron chi connectivity index (χ1n) is 7.21. The smallest absolute Gasteiger partial charge is 0.209 e. The van der Waals surface area contributed by atoms with Crippen LogP contribution in [0.4, 0.5) is 0 Å². The molecule has 2 rings (SSSR count). The first-order valence-corrected chi connectivity index (χ1v) is 7.21. The zero-order chi connectivity index (χ0) is 14.4. The molecule has 0 bridgehead atoms. The molecule has 1 radical (unpaired) electrons. The van der Waals surface area contributed by atoms with E-state index in [0.29, 0.717) is 36.8 Å². The van der Waals surface area contributed by atoms with Gasteiger partial charge in [-0.1, -0.05) is 12.0 Å². The van der Waals surface area contributed by atoms with Gasteiger partial charge in [0.05, 0.1) is 0 Å². The summed E-state index contributed by atoms with van der Waals surface area (Å²) < 4.78 is 5.74. The zero-order valence-electron chi connectivity index (χ0n) is 13.3. The van der Waals surface area contributed by atoms with E-state index in [-0.39, 0.29) is 48.5 Å². The van der Waals surface area contributed by atoms with Crippen LogP contribution < -0.4 is 0 Å². The third-order valence-electron chi connectivity index (χ3n) is 3.71. The number of allylic oxidation sites excluding steroid dienone is 4. The van der Waals surface area contributed by atoms with Crippen molar-refractivity contribution < 1.29 is 46.3 Å². The number of Topliss-reactive ketones (excluding diaryl/α,β-unsaturated/α-hetero) is 1. The minimum atomic E-state index is 0. The van der Waals surface area contributed by atoms with Crippen molar-refractivity contribution in [2.75, 3.05) is 0 Å². The summed E-state index contributed by atoms with van der Waals surface area (Å²) in [6.45, 7) is 9.28. The molecule has 4 N–H and O–H groups in total. The van der Waals surface area contributed by atoms with Gasteiger partial charge in [-0.05, 0) is 31.8 Å². The summed E-state index contributed by atoms with van der Waals surface area (Å²) in [5.41, 5.74) is 0.633. The second-order valence-electron chi connectivity index (χ2n) is 5.23. The van der Waals surface area contributed by atoms with Crippen molar-refractivity contribution in [2.45, 2.75) is 44.6 Å². The number of nitrogens with zero attached hydrogens (tertiary/aromatic N) is 1. The summed E-state index contributed by atoms with van der Waals surface area (Å²) >= 11 is 0. The number of ketones is 1. The average Bonchev–Trinajstić information content (AvgIpc) is 2.65. The molecule has 1 fully saturated rings. The van der Waals surface area contributed by atoms with Crippen molar-refractivity contribution in [3.8, 4) is 0 Å². The summed E-state index contributed by atoms with van der Waals surface area (Å²) in [4.78, 5) is 16.4. The number of aliphatic imine (C=N–C) groups is 1. The molecular formula is C17H25NO4Sc-2. The molecule has 127 valence electrons. The molecule has 0 unspecified atom stereocenters. The van der Waals surface area contributed by atoms with Gasteiger partial charge < -0.3 is 29.2 Å². The van der Waals surface area contributed by atoms with E-state index in [1.54, 1.807) is 12.3 Å². The van der Waals surface area contributed by atoms with Crippen molar-refractivity contribution in [1.29, 1.82) is 0 Å². The molecule has 0 aromatic rings. The number of hydrogen-bond acceptors (Lipinski definition) is 3. The molecule has 1 aliphatic carbocycles. The van der Waals surface area contributed by atoms with Crippen LogP contribution in [-0.4, -0.2) is 29.1 Å². The predicted molar refractivity (Wildman–Crippen MR) is 87.2 cm³/mol. The van der Waals surface area contributed by atoms with Crippen molar-refractivity contribution >= 4 is 12.0 Å². The van der Waals surface area contributed by atoms with Crippen LogP contribution in [0.2, 0.25) is 0 Å². The minimum Gasteiger partial charge on any atom is -0.518 e. The summed E-state index contributed by atoms with van der Waals surface area (Å²) in [6.07, 6.45) is 12.4. The molecule has 5 nitrogen and oxygen atoms in total. The van der Waals surface area contributed by atoms with Gasteiger partial charge in [-0.15, -0.1) is 0 Å². The Labute approximate surface area is 157 Å². The maximum atomic E-state index is 12.1. The topological polar surface area (TPSA) is 102 Å². The Morgan fingerprint density at radius 3 is 2.65 bits per heavy atom. The Bertz CT molecular complexity index is 467. The first-order chi connectivity index (χ1) is 9.72. The molecule has 1 aliphatic heterocycles. The number of ether oxygens (including phenoxy) is 1. The Hall–Kier alpha value is -0.850. The largest absolute Gasteiger partial charge is 0.518 e. The van der Waals surface area contributed by atoms with Gasteiger partial charge in [0.1, 0.15) is 6.10 Å². The Morgan fingerprint density at radius 2 is 2.13 bits per heavy atom. The molecule has 6 heteroatoms. The first kappa shape index (κ1) is 24.4. The molecule has 2 aliphatic rings. The normalized spacial score (nSPS) is 17.6. The maximum absolute atomic E-state index is 12.1. The molecule has 1 heterocycles. The maximum Gasteiger partial charge on any atom is 0.209 e. The fourth-order valence-corrected chi connectivity index (χ4v) is 2.07. The molecule has 1 atom stereocenters. The van der Waals surface area contributed by atoms with Crippen LogP contribution in [0.3, 0.4) is 0 Å². The van der Waals surface area contributed by atoms with Gasteiger partial charge in [0.2, 0.25) is 5.88 Å². The molecule has 0 spiro atoms. The second kappa shape index (κ2) is 12.6. The molecule has 0 aromatic heterocycles. The Kier molecular flexibility index (Phi) is 13.3. The van der Waals surface area contributed by atoms with E-state index >= 15 is 0 Å². The number of rotatable bonds is 7. The SMILES string of the molecule is O.O.[CH-]=C[C@H](C[CH2-])CC(=O)C1=CCC=C(OC2CCC2)N=C1.[Sc]. The number of carbonyl (C=O) groups excluding carboxylic acids is 1. The molecule has 1 saturated carbocycles. The Morgan fingerprint density at radius 1 is 1.43 bits per heavy atom. The van der Waals surface area contributed by atoms with Gasteiger partial charge in [0.15, 0.2) is 5.78 Å². The van der Waals surface area contributed by atoms with Crippen LogP contribution in [0.25, 0.3) is 0 Å². The van der Waals surface area contributed by atoms with Crippen LogP contribution in [0.1, 0.15) is 38.5 Å². The zero-order valence-corrected chi connectivity index (χ0v) is 15.1. The van der Waals surface area contributed by atoms with Crippen molar-refractivity contribution in [2.24, 2.45) is 10.9 Å². The van der Waals surface area contributed by atoms with Gasteiger partial charge in [-0.25, -0.2) is 4.99 Å². The van der Waals surface area contributed by atoms with Gasteiger partial charge in [0.25, 0.3) is 0 Å². The molecule has 0 saturated heterocycles. The van der Waals surface area contributed by atoms with Crippen LogP contribution in [0.5, 0.6) is 0 Å². The van der Waals surface area contributed by atoms with E-state index in [2.05, 4.69) is 11.9 Å². The average molecular weight is 352 g/mol. The van der Waals surface area contributed by atoms with Crippen LogP contribution in [0.15, 0.2) is 34.7 Å². The number of carbonyl (C=O) groups is 1. The summed E-state index contributed by atoms with van der Waals surface area (Å²) in [7, 11) is 0. The van der Waals surface area contributed by atoms with Gasteiger partial charge in [-0.3, -0.25) is 10.9 Å². The third-order valence-corrected chi connectivity index (χ3v) is 3.71. The van der Waals surface area contributed by atoms with Crippen LogP contribution >= 0.6 is 0 Å². The summed E-state index contributed by atoms with van der Waals surface area (Å²) in [5.74, 6) is 0.717. The van der Waals surface area contributed by atoms with E-state index in [4.69, 9.17) is 11.3 Å². The summed E-state index contributed by atoms with van der Waals surface area (Å²) in [6, 6.07) is 0. The van der Waals surface area contributed by atoms with Gasteiger partial charge in [-0.2, -0.15) is 6.42 Å². The Balaban J connectivity index is 0. The predicted octanol–water partition coefficient (Wildman–Crippen LogP) is 1.93. The fraction of sp³-hybridized carbons (Fsp3) is 0.471. The van der Waals surface area contributed by atoms with Crippen molar-refractivity contribution in [3.05, 3.63) is 43.2 Å². The molecule has 0 amide bonds. The quantitative estimate of drug-likeness (QED) is 0.654. The van der Waals surface area contributed by atoms with Crippen LogP contribution in [0, 0.1) is 19.4 Å². The van der Waals surface area contributed by atoms with E-state index < -0.39 is 0 Å². The van der Waals surface area contributed by atoms with E-state index in [9.17, 15) is 4.79 Å². The molecule has 23 heavy (non-hydrogen) atoms.